The first-order chi connectivity index (χ1) is 7.29. The molecule has 0 saturated heterocycles. The molecule has 2 rings (SSSR count). The molecule has 0 aromatic heterocycles. The molecular formula is C13H19NO. The van der Waals surface area contributed by atoms with Crippen LogP contribution in [0.4, 0.5) is 0 Å². The fraction of sp³-hybridized carbons (Fsp3) is 0.538. The van der Waals surface area contributed by atoms with Crippen molar-refractivity contribution in [3.8, 4) is 0 Å². The Kier molecular flexibility index (Phi) is 3.39. The largest absolute Gasteiger partial charge is 0.395 e. The maximum Gasteiger partial charge on any atom is 0.0582 e. The summed E-state index contributed by atoms with van der Waals surface area (Å²) in [6.45, 7) is 2.25. The van der Waals surface area contributed by atoms with Gasteiger partial charge in [-0.05, 0) is 31.2 Å². The number of nitrogens with one attached hydrogen (secondary N) is 1. The molecule has 0 bridgehead atoms. The summed E-state index contributed by atoms with van der Waals surface area (Å²) in [5.74, 6) is 0.717. The highest BCUT2D eigenvalue weighted by molar-refractivity contribution is 5.22. The van der Waals surface area contributed by atoms with Crippen LogP contribution in [0.2, 0.25) is 0 Å². The van der Waals surface area contributed by atoms with Gasteiger partial charge in [-0.25, -0.2) is 0 Å². The highest BCUT2D eigenvalue weighted by atomic mass is 16.3. The average Bonchev–Trinajstić information content (AvgIpc) is 2.23. The van der Waals surface area contributed by atoms with E-state index in [1.807, 2.05) is 6.92 Å². The SMILES string of the molecule is CC(CO)NC1CC(c2ccccc2)C1. The Hall–Kier alpha value is -0.860. The molecule has 1 atom stereocenters. The van der Waals surface area contributed by atoms with Crippen molar-refractivity contribution in [1.29, 1.82) is 0 Å². The maximum atomic E-state index is 8.92. The van der Waals surface area contributed by atoms with Crippen molar-refractivity contribution in [1.82, 2.24) is 5.32 Å². The monoisotopic (exact) mass is 205 g/mol. The van der Waals surface area contributed by atoms with Crippen molar-refractivity contribution < 1.29 is 5.11 Å². The van der Waals surface area contributed by atoms with Crippen molar-refractivity contribution in [3.05, 3.63) is 35.9 Å². The van der Waals surface area contributed by atoms with Crippen molar-refractivity contribution in [2.45, 2.75) is 37.8 Å². The zero-order chi connectivity index (χ0) is 10.7. The molecule has 1 aromatic carbocycles. The molecule has 15 heavy (non-hydrogen) atoms. The summed E-state index contributed by atoms with van der Waals surface area (Å²) in [6, 6.07) is 11.5. The van der Waals surface area contributed by atoms with E-state index in [1.54, 1.807) is 0 Å². The van der Waals surface area contributed by atoms with Gasteiger partial charge in [0.2, 0.25) is 0 Å². The lowest BCUT2D eigenvalue weighted by atomic mass is 9.75. The van der Waals surface area contributed by atoms with Crippen molar-refractivity contribution in [2.75, 3.05) is 6.61 Å². The predicted octanol–water partition coefficient (Wildman–Crippen LogP) is 1.90. The van der Waals surface area contributed by atoms with Crippen LogP contribution in [0.25, 0.3) is 0 Å². The summed E-state index contributed by atoms with van der Waals surface area (Å²) in [7, 11) is 0. The Morgan fingerprint density at radius 2 is 2.00 bits per heavy atom. The molecule has 0 spiro atoms. The standard InChI is InChI=1S/C13H19NO/c1-10(9-15)14-13-7-12(8-13)11-5-3-2-4-6-11/h2-6,10,12-15H,7-9H2,1H3. The van der Waals surface area contributed by atoms with E-state index in [4.69, 9.17) is 5.11 Å². The van der Waals surface area contributed by atoms with E-state index in [0.717, 1.165) is 5.92 Å². The van der Waals surface area contributed by atoms with Gasteiger partial charge >= 0.3 is 0 Å². The lowest BCUT2D eigenvalue weighted by molar-refractivity contribution is 0.204. The second kappa shape index (κ2) is 4.77. The smallest absolute Gasteiger partial charge is 0.0582 e. The number of aliphatic hydroxyl groups is 1. The summed E-state index contributed by atoms with van der Waals surface area (Å²) >= 11 is 0. The zero-order valence-electron chi connectivity index (χ0n) is 9.19. The van der Waals surface area contributed by atoms with Crippen LogP contribution in [0.15, 0.2) is 30.3 Å². The van der Waals surface area contributed by atoms with Crippen molar-refractivity contribution in [2.24, 2.45) is 0 Å². The normalized spacial score (nSPS) is 27.1. The molecule has 0 radical (unpaired) electrons. The van der Waals surface area contributed by atoms with Gasteiger partial charge in [-0.3, -0.25) is 0 Å². The predicted molar refractivity (Wildman–Crippen MR) is 61.9 cm³/mol. The molecule has 1 fully saturated rings. The molecule has 1 saturated carbocycles. The molecule has 0 aliphatic heterocycles. The topological polar surface area (TPSA) is 32.3 Å². The van der Waals surface area contributed by atoms with Crippen molar-refractivity contribution in [3.63, 3.8) is 0 Å². The van der Waals surface area contributed by atoms with E-state index in [1.165, 1.54) is 18.4 Å². The average molecular weight is 205 g/mol. The maximum absolute atomic E-state index is 8.92. The van der Waals surface area contributed by atoms with Gasteiger partial charge in [0.15, 0.2) is 0 Å². The van der Waals surface area contributed by atoms with Gasteiger partial charge in [0.1, 0.15) is 0 Å². The van der Waals surface area contributed by atoms with Crippen LogP contribution in [0, 0.1) is 0 Å². The Morgan fingerprint density at radius 3 is 2.60 bits per heavy atom. The molecule has 1 aliphatic rings. The second-order valence-electron chi connectivity index (χ2n) is 4.53. The van der Waals surface area contributed by atoms with E-state index in [2.05, 4.69) is 35.6 Å². The quantitative estimate of drug-likeness (QED) is 0.787. The van der Waals surface area contributed by atoms with E-state index in [0.29, 0.717) is 6.04 Å². The summed E-state index contributed by atoms with van der Waals surface area (Å²) in [6.07, 6.45) is 2.41. The first kappa shape index (κ1) is 10.7. The Labute approximate surface area is 91.3 Å². The molecule has 2 N–H and O–H groups in total. The van der Waals surface area contributed by atoms with Gasteiger partial charge in [0.05, 0.1) is 6.61 Å². The summed E-state index contributed by atoms with van der Waals surface area (Å²) < 4.78 is 0. The zero-order valence-corrected chi connectivity index (χ0v) is 9.19. The third kappa shape index (κ3) is 2.58. The number of rotatable bonds is 4. The molecule has 1 aromatic rings. The number of hydrogen-bond acceptors (Lipinski definition) is 2. The molecule has 1 unspecified atom stereocenters. The fourth-order valence-electron chi connectivity index (χ4n) is 2.21. The molecule has 1 aliphatic carbocycles. The van der Waals surface area contributed by atoms with Crippen LogP contribution >= 0.6 is 0 Å². The van der Waals surface area contributed by atoms with Crippen molar-refractivity contribution >= 4 is 0 Å². The van der Waals surface area contributed by atoms with Crippen LogP contribution in [0.1, 0.15) is 31.2 Å². The molecule has 0 heterocycles. The highest BCUT2D eigenvalue weighted by Gasteiger charge is 2.30. The van der Waals surface area contributed by atoms with Crippen LogP contribution < -0.4 is 5.32 Å². The Balaban J connectivity index is 1.79. The number of benzene rings is 1. The minimum atomic E-state index is 0.228. The Morgan fingerprint density at radius 1 is 1.33 bits per heavy atom. The van der Waals surface area contributed by atoms with Crippen LogP contribution in [0.3, 0.4) is 0 Å². The first-order valence-electron chi connectivity index (χ1n) is 5.71. The number of hydrogen-bond donors (Lipinski definition) is 2. The lowest BCUT2D eigenvalue weighted by Gasteiger charge is -2.37. The van der Waals surface area contributed by atoms with E-state index < -0.39 is 0 Å². The summed E-state index contributed by atoms with van der Waals surface area (Å²) in [5, 5.41) is 12.3. The molecule has 82 valence electrons. The highest BCUT2D eigenvalue weighted by Crippen LogP contribution is 2.36. The molecule has 0 amide bonds. The van der Waals surface area contributed by atoms with Crippen LogP contribution in [-0.4, -0.2) is 23.8 Å². The molecule has 2 heteroatoms. The Bertz CT molecular complexity index is 293. The molecule has 2 nitrogen and oxygen atoms in total. The minimum absolute atomic E-state index is 0.228. The second-order valence-corrected chi connectivity index (χ2v) is 4.53. The van der Waals surface area contributed by atoms with Gasteiger partial charge in [0.25, 0.3) is 0 Å². The number of aliphatic hydroxyl groups excluding tert-OH is 1. The van der Waals surface area contributed by atoms with Gasteiger partial charge < -0.3 is 10.4 Å². The third-order valence-electron chi connectivity index (χ3n) is 3.20. The van der Waals surface area contributed by atoms with Crippen LogP contribution in [0.5, 0.6) is 0 Å². The van der Waals surface area contributed by atoms with E-state index >= 15 is 0 Å². The van der Waals surface area contributed by atoms with Gasteiger partial charge in [-0.15, -0.1) is 0 Å². The van der Waals surface area contributed by atoms with Gasteiger partial charge in [0, 0.05) is 12.1 Å². The summed E-state index contributed by atoms with van der Waals surface area (Å²) in [4.78, 5) is 0. The van der Waals surface area contributed by atoms with E-state index in [-0.39, 0.29) is 12.6 Å². The van der Waals surface area contributed by atoms with Gasteiger partial charge in [-0.2, -0.15) is 0 Å². The first-order valence-corrected chi connectivity index (χ1v) is 5.71. The van der Waals surface area contributed by atoms with Gasteiger partial charge in [-0.1, -0.05) is 30.3 Å². The third-order valence-corrected chi connectivity index (χ3v) is 3.20. The van der Waals surface area contributed by atoms with Crippen LogP contribution in [-0.2, 0) is 0 Å². The minimum Gasteiger partial charge on any atom is -0.395 e. The fourth-order valence-corrected chi connectivity index (χ4v) is 2.21. The molecular weight excluding hydrogens is 186 g/mol. The summed E-state index contributed by atoms with van der Waals surface area (Å²) in [5.41, 5.74) is 1.45. The lowest BCUT2D eigenvalue weighted by Crippen LogP contribution is -2.45. The van der Waals surface area contributed by atoms with E-state index in [9.17, 15) is 0 Å².